The first-order chi connectivity index (χ1) is 13.5. The maximum atomic E-state index is 12.4. The van der Waals surface area contributed by atoms with E-state index in [0.29, 0.717) is 12.1 Å². The minimum atomic E-state index is -0.806. The van der Waals surface area contributed by atoms with Crippen molar-refractivity contribution < 1.29 is 14.7 Å². The third kappa shape index (κ3) is 5.59. The maximum absolute atomic E-state index is 12.4. The average molecular weight is 399 g/mol. The summed E-state index contributed by atoms with van der Waals surface area (Å²) >= 11 is 1.75. The van der Waals surface area contributed by atoms with Crippen molar-refractivity contribution in [3.05, 3.63) is 65.7 Å². The Morgan fingerprint density at radius 1 is 1.11 bits per heavy atom. The van der Waals surface area contributed by atoms with E-state index in [9.17, 15) is 9.59 Å². The van der Waals surface area contributed by atoms with E-state index < -0.39 is 5.97 Å². The molecule has 148 valence electrons. The summed E-state index contributed by atoms with van der Waals surface area (Å²) in [6.45, 7) is 2.73. The largest absolute Gasteiger partial charge is 0.480 e. The standard InChI is InChI=1S/C22H26N2O3S/c1-2-24(14-21(25)26)19-12-18(13-19)23-22(27)17-8-10-20(11-9-17)28-15-16-6-4-3-5-7-16/h3-11,18-19H,2,12-15H2,1H3,(H,23,27)(H,25,26). The number of nitrogens with zero attached hydrogens (tertiary/aromatic N) is 1. The minimum Gasteiger partial charge on any atom is -0.480 e. The van der Waals surface area contributed by atoms with Gasteiger partial charge in [0.2, 0.25) is 0 Å². The van der Waals surface area contributed by atoms with Gasteiger partial charge in [-0.05, 0) is 49.2 Å². The summed E-state index contributed by atoms with van der Waals surface area (Å²) in [6, 6.07) is 18.4. The third-order valence-corrected chi connectivity index (χ3v) is 6.16. The zero-order valence-corrected chi connectivity index (χ0v) is 16.8. The Kier molecular flexibility index (Phi) is 7.12. The second-order valence-electron chi connectivity index (χ2n) is 7.05. The molecule has 2 aromatic rings. The molecule has 2 N–H and O–H groups in total. The molecule has 1 saturated carbocycles. The van der Waals surface area contributed by atoms with Gasteiger partial charge in [-0.15, -0.1) is 11.8 Å². The number of carboxylic acid groups (broad SMARTS) is 1. The number of carbonyl (C=O) groups is 2. The van der Waals surface area contributed by atoms with Crippen LogP contribution in [0.4, 0.5) is 0 Å². The number of carboxylic acids is 1. The molecule has 0 unspecified atom stereocenters. The molecule has 0 aliphatic heterocycles. The van der Waals surface area contributed by atoms with Gasteiger partial charge >= 0.3 is 5.97 Å². The number of hydrogen-bond donors (Lipinski definition) is 2. The van der Waals surface area contributed by atoms with Gasteiger partial charge in [-0.1, -0.05) is 37.3 Å². The molecule has 2 aromatic carbocycles. The molecule has 0 heterocycles. The van der Waals surface area contributed by atoms with Crippen LogP contribution in [0.5, 0.6) is 0 Å². The molecule has 0 saturated heterocycles. The summed E-state index contributed by atoms with van der Waals surface area (Å²) in [4.78, 5) is 26.4. The molecule has 1 aliphatic carbocycles. The minimum absolute atomic E-state index is 0.0595. The molecule has 1 aliphatic rings. The van der Waals surface area contributed by atoms with Gasteiger partial charge in [0.1, 0.15) is 0 Å². The van der Waals surface area contributed by atoms with Crippen LogP contribution in [0.2, 0.25) is 0 Å². The zero-order chi connectivity index (χ0) is 19.9. The number of aliphatic carboxylic acids is 1. The summed E-state index contributed by atoms with van der Waals surface area (Å²) in [5.41, 5.74) is 1.93. The van der Waals surface area contributed by atoms with Gasteiger partial charge in [0, 0.05) is 28.3 Å². The van der Waals surface area contributed by atoms with E-state index in [-0.39, 0.29) is 24.5 Å². The van der Waals surface area contributed by atoms with E-state index in [4.69, 9.17) is 5.11 Å². The quantitative estimate of drug-likeness (QED) is 0.631. The fraction of sp³-hybridized carbons (Fsp3) is 0.364. The van der Waals surface area contributed by atoms with E-state index in [1.54, 1.807) is 11.8 Å². The first-order valence-electron chi connectivity index (χ1n) is 9.58. The lowest BCUT2D eigenvalue weighted by molar-refractivity contribution is -0.139. The second-order valence-corrected chi connectivity index (χ2v) is 8.10. The van der Waals surface area contributed by atoms with Crippen LogP contribution in [0.3, 0.4) is 0 Å². The van der Waals surface area contributed by atoms with Crippen molar-refractivity contribution >= 4 is 23.6 Å². The number of likely N-dealkylation sites (N-methyl/N-ethyl adjacent to an activating group) is 1. The zero-order valence-electron chi connectivity index (χ0n) is 16.0. The smallest absolute Gasteiger partial charge is 0.317 e. The molecular formula is C22H26N2O3S. The number of amides is 1. The lowest BCUT2D eigenvalue weighted by Crippen LogP contribution is -2.54. The van der Waals surface area contributed by atoms with Gasteiger partial charge in [-0.25, -0.2) is 0 Å². The Morgan fingerprint density at radius 2 is 1.79 bits per heavy atom. The molecule has 28 heavy (non-hydrogen) atoms. The molecule has 0 spiro atoms. The van der Waals surface area contributed by atoms with Gasteiger partial charge in [0.25, 0.3) is 5.91 Å². The van der Waals surface area contributed by atoms with Crippen LogP contribution in [0.1, 0.15) is 35.7 Å². The van der Waals surface area contributed by atoms with Crippen LogP contribution in [0.15, 0.2) is 59.5 Å². The molecule has 0 atom stereocenters. The van der Waals surface area contributed by atoms with Crippen molar-refractivity contribution in [2.45, 2.75) is 42.5 Å². The van der Waals surface area contributed by atoms with Gasteiger partial charge in [0.05, 0.1) is 6.54 Å². The summed E-state index contributed by atoms with van der Waals surface area (Å²) in [6.07, 6.45) is 1.61. The number of rotatable bonds is 9. The summed E-state index contributed by atoms with van der Waals surface area (Å²) in [5, 5.41) is 12.0. The van der Waals surface area contributed by atoms with Crippen LogP contribution < -0.4 is 5.32 Å². The Balaban J connectivity index is 1.44. The van der Waals surface area contributed by atoms with Crippen LogP contribution in [-0.4, -0.2) is 47.1 Å². The van der Waals surface area contributed by atoms with Gasteiger partial charge < -0.3 is 10.4 Å². The summed E-state index contributed by atoms with van der Waals surface area (Å²) in [5.74, 6) is 0.0315. The second kappa shape index (κ2) is 9.75. The normalized spacial score (nSPS) is 18.5. The Morgan fingerprint density at radius 3 is 2.39 bits per heavy atom. The van der Waals surface area contributed by atoms with Gasteiger partial charge in [0.15, 0.2) is 0 Å². The summed E-state index contributed by atoms with van der Waals surface area (Å²) < 4.78 is 0. The highest BCUT2D eigenvalue weighted by Crippen LogP contribution is 2.26. The van der Waals surface area contributed by atoms with Crippen LogP contribution in [-0.2, 0) is 10.5 Å². The average Bonchev–Trinajstić information content (AvgIpc) is 2.68. The van der Waals surface area contributed by atoms with Gasteiger partial charge in [-0.3, -0.25) is 14.5 Å². The molecule has 1 amide bonds. The molecule has 0 radical (unpaired) electrons. The fourth-order valence-electron chi connectivity index (χ4n) is 3.39. The first kappa shape index (κ1) is 20.4. The molecule has 1 fully saturated rings. The lowest BCUT2D eigenvalue weighted by atomic mass is 9.85. The van der Waals surface area contributed by atoms with E-state index in [0.717, 1.165) is 23.5 Å². The lowest BCUT2D eigenvalue weighted by Gasteiger charge is -2.42. The molecule has 0 aromatic heterocycles. The van der Waals surface area contributed by atoms with Crippen molar-refractivity contribution in [2.24, 2.45) is 0 Å². The van der Waals surface area contributed by atoms with Crippen LogP contribution in [0.25, 0.3) is 0 Å². The highest BCUT2D eigenvalue weighted by atomic mass is 32.2. The van der Waals surface area contributed by atoms with Crippen molar-refractivity contribution in [2.75, 3.05) is 13.1 Å². The van der Waals surface area contributed by atoms with Crippen LogP contribution in [0, 0.1) is 0 Å². The van der Waals surface area contributed by atoms with Crippen molar-refractivity contribution in [1.29, 1.82) is 0 Å². The molecular weight excluding hydrogens is 372 g/mol. The van der Waals surface area contributed by atoms with Crippen molar-refractivity contribution in [1.82, 2.24) is 10.2 Å². The summed E-state index contributed by atoms with van der Waals surface area (Å²) in [7, 11) is 0. The van der Waals surface area contributed by atoms with Crippen molar-refractivity contribution in [3.8, 4) is 0 Å². The van der Waals surface area contributed by atoms with Crippen molar-refractivity contribution in [3.63, 3.8) is 0 Å². The highest BCUT2D eigenvalue weighted by Gasteiger charge is 2.34. The molecule has 5 nitrogen and oxygen atoms in total. The molecule has 6 heteroatoms. The van der Waals surface area contributed by atoms with Gasteiger partial charge in [-0.2, -0.15) is 0 Å². The maximum Gasteiger partial charge on any atom is 0.317 e. The number of thioether (sulfide) groups is 1. The predicted molar refractivity (Wildman–Crippen MR) is 112 cm³/mol. The topological polar surface area (TPSA) is 69.6 Å². The number of benzene rings is 2. The molecule has 3 rings (SSSR count). The van der Waals surface area contributed by atoms with E-state index in [2.05, 4.69) is 17.4 Å². The number of hydrogen-bond acceptors (Lipinski definition) is 4. The Labute approximate surface area is 170 Å². The highest BCUT2D eigenvalue weighted by molar-refractivity contribution is 7.98. The van der Waals surface area contributed by atoms with Crippen LogP contribution >= 0.6 is 11.8 Å². The predicted octanol–water partition coefficient (Wildman–Crippen LogP) is 3.65. The monoisotopic (exact) mass is 398 g/mol. The fourth-order valence-corrected chi connectivity index (χ4v) is 4.24. The number of carbonyl (C=O) groups excluding carboxylic acids is 1. The SMILES string of the molecule is CCN(CC(=O)O)C1CC(NC(=O)c2ccc(SCc3ccccc3)cc2)C1. The van der Waals surface area contributed by atoms with E-state index in [1.165, 1.54) is 5.56 Å². The number of nitrogens with one attached hydrogen (secondary N) is 1. The Bertz CT molecular complexity index is 789. The molecule has 0 bridgehead atoms. The Hall–Kier alpha value is -2.31. The third-order valence-electron chi connectivity index (χ3n) is 5.07. The first-order valence-corrected chi connectivity index (χ1v) is 10.6. The van der Waals surface area contributed by atoms with E-state index in [1.807, 2.05) is 54.3 Å². The van der Waals surface area contributed by atoms with E-state index >= 15 is 0 Å².